The van der Waals surface area contributed by atoms with Gasteiger partial charge in [-0.1, -0.05) is 66.7 Å². The second kappa shape index (κ2) is 6.53. The summed E-state index contributed by atoms with van der Waals surface area (Å²) in [5.74, 6) is 0. The molecule has 0 aromatic heterocycles. The highest BCUT2D eigenvalue weighted by Crippen LogP contribution is 2.20. The van der Waals surface area contributed by atoms with Gasteiger partial charge in [0.2, 0.25) is 0 Å². The molecule has 0 saturated carbocycles. The molecule has 21 heavy (non-hydrogen) atoms. The molecule has 0 saturated heterocycles. The minimum Gasteiger partial charge on any atom is -0.386 e. The second-order valence-electron chi connectivity index (χ2n) is 5.12. The normalized spacial score (nSPS) is 12.4. The predicted octanol–water partition coefficient (Wildman–Crippen LogP) is 4.09. The molecule has 0 aliphatic heterocycles. The maximum absolute atomic E-state index is 10.2. The van der Waals surface area contributed by atoms with Crippen molar-refractivity contribution in [2.24, 2.45) is 0 Å². The zero-order chi connectivity index (χ0) is 14.5. The standard InChI is InChI=1S/C19H18O2/c20-19(14-21-13-15-6-2-1-3-7-15)18-11-10-16-8-4-5-9-17(16)12-18/h1-12,19-20H,13-14H2. The lowest BCUT2D eigenvalue weighted by atomic mass is 10.0. The van der Waals surface area contributed by atoms with Crippen LogP contribution >= 0.6 is 0 Å². The number of rotatable bonds is 5. The van der Waals surface area contributed by atoms with E-state index in [-0.39, 0.29) is 0 Å². The monoisotopic (exact) mass is 278 g/mol. The maximum Gasteiger partial charge on any atom is 0.102 e. The molecule has 1 atom stereocenters. The fourth-order valence-corrected chi connectivity index (χ4v) is 2.37. The number of ether oxygens (including phenoxy) is 1. The minimum atomic E-state index is -0.599. The third kappa shape index (κ3) is 3.48. The summed E-state index contributed by atoms with van der Waals surface area (Å²) < 4.78 is 5.60. The Morgan fingerprint density at radius 2 is 1.52 bits per heavy atom. The zero-order valence-electron chi connectivity index (χ0n) is 11.8. The van der Waals surface area contributed by atoms with Crippen molar-refractivity contribution in [1.29, 1.82) is 0 Å². The van der Waals surface area contributed by atoms with Crippen molar-refractivity contribution in [3.05, 3.63) is 83.9 Å². The first kappa shape index (κ1) is 13.8. The molecule has 1 unspecified atom stereocenters. The second-order valence-corrected chi connectivity index (χ2v) is 5.12. The van der Waals surface area contributed by atoms with E-state index >= 15 is 0 Å². The predicted molar refractivity (Wildman–Crippen MR) is 85.0 cm³/mol. The van der Waals surface area contributed by atoms with Gasteiger partial charge in [0.15, 0.2) is 0 Å². The van der Waals surface area contributed by atoms with Crippen molar-refractivity contribution in [2.45, 2.75) is 12.7 Å². The smallest absolute Gasteiger partial charge is 0.102 e. The third-order valence-corrected chi connectivity index (χ3v) is 3.55. The summed E-state index contributed by atoms with van der Waals surface area (Å²) in [4.78, 5) is 0. The summed E-state index contributed by atoms with van der Waals surface area (Å²) in [7, 11) is 0. The number of aliphatic hydroxyl groups is 1. The van der Waals surface area contributed by atoms with Crippen LogP contribution in [0.25, 0.3) is 10.8 Å². The molecule has 0 heterocycles. The molecule has 0 spiro atoms. The Morgan fingerprint density at radius 1 is 0.810 bits per heavy atom. The Hall–Kier alpha value is -2.16. The highest BCUT2D eigenvalue weighted by Gasteiger charge is 2.08. The summed E-state index contributed by atoms with van der Waals surface area (Å²) in [6.07, 6.45) is -0.599. The quantitative estimate of drug-likeness (QED) is 0.761. The average molecular weight is 278 g/mol. The van der Waals surface area contributed by atoms with E-state index in [9.17, 15) is 5.11 Å². The van der Waals surface area contributed by atoms with Crippen LogP contribution < -0.4 is 0 Å². The first-order valence-corrected chi connectivity index (χ1v) is 7.11. The van der Waals surface area contributed by atoms with Gasteiger partial charge in [0.05, 0.1) is 13.2 Å². The Kier molecular flexibility index (Phi) is 4.29. The van der Waals surface area contributed by atoms with Crippen LogP contribution in [0.2, 0.25) is 0 Å². The first-order valence-electron chi connectivity index (χ1n) is 7.11. The van der Waals surface area contributed by atoms with Gasteiger partial charge in [-0.25, -0.2) is 0 Å². The van der Waals surface area contributed by atoms with E-state index in [0.29, 0.717) is 13.2 Å². The van der Waals surface area contributed by atoms with Gasteiger partial charge >= 0.3 is 0 Å². The molecule has 1 N–H and O–H groups in total. The number of fused-ring (bicyclic) bond motifs is 1. The van der Waals surface area contributed by atoms with Crippen LogP contribution in [0, 0.1) is 0 Å². The van der Waals surface area contributed by atoms with E-state index in [2.05, 4.69) is 12.1 Å². The SMILES string of the molecule is OC(COCc1ccccc1)c1ccc2ccccc2c1. The highest BCUT2D eigenvalue weighted by molar-refractivity contribution is 5.83. The van der Waals surface area contributed by atoms with Crippen LogP contribution in [-0.2, 0) is 11.3 Å². The van der Waals surface area contributed by atoms with Crippen LogP contribution in [0.5, 0.6) is 0 Å². The van der Waals surface area contributed by atoms with Crippen molar-refractivity contribution in [1.82, 2.24) is 0 Å². The van der Waals surface area contributed by atoms with E-state index < -0.39 is 6.10 Å². The Bertz CT molecular complexity index is 707. The molecule has 2 heteroatoms. The van der Waals surface area contributed by atoms with Crippen LogP contribution in [0.4, 0.5) is 0 Å². The molecule has 0 amide bonds. The molecule has 3 aromatic carbocycles. The van der Waals surface area contributed by atoms with Gasteiger partial charge in [-0.15, -0.1) is 0 Å². The van der Waals surface area contributed by atoms with Crippen molar-refractivity contribution in [3.8, 4) is 0 Å². The van der Waals surface area contributed by atoms with Gasteiger partial charge < -0.3 is 9.84 Å². The third-order valence-electron chi connectivity index (χ3n) is 3.55. The van der Waals surface area contributed by atoms with Crippen molar-refractivity contribution < 1.29 is 9.84 Å². The lowest BCUT2D eigenvalue weighted by molar-refractivity contribution is 0.0278. The number of hydrogen-bond acceptors (Lipinski definition) is 2. The zero-order valence-corrected chi connectivity index (χ0v) is 11.8. The van der Waals surface area contributed by atoms with E-state index in [0.717, 1.165) is 16.5 Å². The maximum atomic E-state index is 10.2. The van der Waals surface area contributed by atoms with Crippen LogP contribution in [0.3, 0.4) is 0 Å². The summed E-state index contributed by atoms with van der Waals surface area (Å²) in [5, 5.41) is 12.5. The van der Waals surface area contributed by atoms with Crippen LogP contribution in [-0.4, -0.2) is 11.7 Å². The van der Waals surface area contributed by atoms with Gasteiger partial charge in [-0.05, 0) is 28.0 Å². The molecular weight excluding hydrogens is 260 g/mol. The van der Waals surface area contributed by atoms with E-state index in [4.69, 9.17) is 4.74 Å². The molecule has 0 bridgehead atoms. The number of hydrogen-bond donors (Lipinski definition) is 1. The molecule has 0 aliphatic rings. The van der Waals surface area contributed by atoms with Crippen molar-refractivity contribution in [2.75, 3.05) is 6.61 Å². The van der Waals surface area contributed by atoms with Gasteiger partial charge in [-0.3, -0.25) is 0 Å². The minimum absolute atomic E-state index is 0.299. The molecule has 0 fully saturated rings. The topological polar surface area (TPSA) is 29.5 Å². The molecule has 0 aliphatic carbocycles. The molecule has 3 aromatic rings. The fourth-order valence-electron chi connectivity index (χ4n) is 2.37. The molecule has 3 rings (SSSR count). The van der Waals surface area contributed by atoms with Crippen molar-refractivity contribution >= 4 is 10.8 Å². The fraction of sp³-hybridized carbons (Fsp3) is 0.158. The van der Waals surface area contributed by atoms with Crippen molar-refractivity contribution in [3.63, 3.8) is 0 Å². The van der Waals surface area contributed by atoms with Gasteiger partial charge in [0.25, 0.3) is 0 Å². The summed E-state index contributed by atoms with van der Waals surface area (Å²) in [5.41, 5.74) is 2.00. The summed E-state index contributed by atoms with van der Waals surface area (Å²) in [6.45, 7) is 0.818. The van der Waals surface area contributed by atoms with E-state index in [1.165, 1.54) is 5.39 Å². The Morgan fingerprint density at radius 3 is 2.33 bits per heavy atom. The Labute approximate surface area is 124 Å². The lowest BCUT2D eigenvalue weighted by Gasteiger charge is -2.12. The van der Waals surface area contributed by atoms with Gasteiger partial charge in [0.1, 0.15) is 6.10 Å². The Balaban J connectivity index is 1.62. The van der Waals surface area contributed by atoms with E-state index in [1.807, 2.05) is 60.7 Å². The summed E-state index contributed by atoms with van der Waals surface area (Å²) >= 11 is 0. The first-order chi connectivity index (χ1) is 10.3. The molecular formula is C19H18O2. The van der Waals surface area contributed by atoms with Gasteiger partial charge in [0, 0.05) is 0 Å². The lowest BCUT2D eigenvalue weighted by Crippen LogP contribution is -2.07. The number of benzene rings is 3. The molecule has 2 nitrogen and oxygen atoms in total. The molecule has 106 valence electrons. The van der Waals surface area contributed by atoms with Crippen LogP contribution in [0.15, 0.2) is 72.8 Å². The highest BCUT2D eigenvalue weighted by atomic mass is 16.5. The van der Waals surface area contributed by atoms with Crippen LogP contribution in [0.1, 0.15) is 17.2 Å². The van der Waals surface area contributed by atoms with E-state index in [1.54, 1.807) is 0 Å². The summed E-state index contributed by atoms with van der Waals surface area (Å²) in [6, 6.07) is 24.1. The largest absolute Gasteiger partial charge is 0.386 e. The number of aliphatic hydroxyl groups excluding tert-OH is 1. The molecule has 0 radical (unpaired) electrons. The average Bonchev–Trinajstić information content (AvgIpc) is 2.55. The van der Waals surface area contributed by atoms with Gasteiger partial charge in [-0.2, -0.15) is 0 Å².